The molecule has 0 spiro atoms. The van der Waals surface area contributed by atoms with E-state index in [2.05, 4.69) is 4.98 Å². The Kier molecular flexibility index (Phi) is 4.70. The smallest absolute Gasteiger partial charge is 0.239 e. The number of rotatable bonds is 5. The molecule has 2 rings (SSSR count). The van der Waals surface area contributed by atoms with Crippen LogP contribution in [0.3, 0.4) is 0 Å². The number of phenolic OH excluding ortho intramolecular Hbond substituents is 1. The zero-order valence-electron chi connectivity index (χ0n) is 11.2. The molecule has 0 unspecified atom stereocenters. The number of hydrogen-bond acceptors (Lipinski definition) is 5. The summed E-state index contributed by atoms with van der Waals surface area (Å²) in [6.07, 6.45) is 0.445. The van der Waals surface area contributed by atoms with Crippen molar-refractivity contribution in [2.24, 2.45) is 5.73 Å². The minimum absolute atomic E-state index is 0.119. The van der Waals surface area contributed by atoms with Gasteiger partial charge in [0.05, 0.1) is 23.8 Å². The number of hydrogen-bond donors (Lipinski definition) is 2. The van der Waals surface area contributed by atoms with Crippen molar-refractivity contribution >= 4 is 17.2 Å². The summed E-state index contributed by atoms with van der Waals surface area (Å²) in [5.41, 5.74) is 9.47. The Morgan fingerprint density at radius 3 is 2.75 bits per heavy atom. The minimum Gasteiger partial charge on any atom is -0.508 e. The van der Waals surface area contributed by atoms with E-state index in [9.17, 15) is 9.90 Å². The van der Waals surface area contributed by atoms with Crippen LogP contribution in [-0.2, 0) is 17.8 Å². The van der Waals surface area contributed by atoms with Crippen LogP contribution >= 0.6 is 11.3 Å². The van der Waals surface area contributed by atoms with E-state index < -0.39 is 6.04 Å². The molecule has 1 amide bonds. The van der Waals surface area contributed by atoms with Gasteiger partial charge in [-0.15, -0.1) is 11.3 Å². The van der Waals surface area contributed by atoms with Crippen LogP contribution in [0.1, 0.15) is 11.3 Å². The third-order valence-electron chi connectivity index (χ3n) is 2.97. The summed E-state index contributed by atoms with van der Waals surface area (Å²) in [4.78, 5) is 17.9. The standard InChI is InChI=1S/C14H17N3O2S/c1-17(7-11-8-20-9-16-11)14(19)13(15)6-10-2-4-12(18)5-3-10/h2-5,8-9,13,18H,6-7,15H2,1H3/t13-/m0/s1. The molecule has 1 atom stereocenters. The molecule has 0 bridgehead atoms. The number of benzene rings is 1. The third kappa shape index (κ3) is 3.79. The number of amides is 1. The molecule has 0 aliphatic rings. The second-order valence-electron chi connectivity index (χ2n) is 4.65. The van der Waals surface area contributed by atoms with E-state index in [1.807, 2.05) is 5.38 Å². The fourth-order valence-corrected chi connectivity index (χ4v) is 2.44. The van der Waals surface area contributed by atoms with E-state index in [-0.39, 0.29) is 11.7 Å². The molecule has 0 aliphatic heterocycles. The number of carbonyl (C=O) groups excluding carboxylic acids is 1. The van der Waals surface area contributed by atoms with Crippen molar-refractivity contribution in [2.45, 2.75) is 19.0 Å². The molecule has 1 aromatic carbocycles. The van der Waals surface area contributed by atoms with Gasteiger partial charge in [0.25, 0.3) is 0 Å². The van der Waals surface area contributed by atoms with Crippen LogP contribution in [0.5, 0.6) is 5.75 Å². The number of aromatic hydroxyl groups is 1. The second kappa shape index (κ2) is 6.49. The molecular formula is C14H17N3O2S. The Hall–Kier alpha value is -1.92. The zero-order valence-corrected chi connectivity index (χ0v) is 12.0. The molecule has 6 heteroatoms. The van der Waals surface area contributed by atoms with Crippen molar-refractivity contribution in [1.82, 2.24) is 9.88 Å². The number of likely N-dealkylation sites (N-methyl/N-ethyl adjacent to an activating group) is 1. The number of phenols is 1. The molecular weight excluding hydrogens is 274 g/mol. The fourth-order valence-electron chi connectivity index (χ4n) is 1.89. The van der Waals surface area contributed by atoms with Crippen LogP contribution < -0.4 is 5.73 Å². The van der Waals surface area contributed by atoms with Gasteiger partial charge in [0.15, 0.2) is 0 Å². The van der Waals surface area contributed by atoms with Crippen molar-refractivity contribution < 1.29 is 9.90 Å². The van der Waals surface area contributed by atoms with Crippen LogP contribution in [0, 0.1) is 0 Å². The lowest BCUT2D eigenvalue weighted by atomic mass is 10.1. The lowest BCUT2D eigenvalue weighted by Crippen LogP contribution is -2.42. The van der Waals surface area contributed by atoms with Crippen molar-refractivity contribution in [3.8, 4) is 5.75 Å². The number of nitrogens with two attached hydrogens (primary N) is 1. The molecule has 0 saturated heterocycles. The van der Waals surface area contributed by atoms with E-state index in [0.29, 0.717) is 13.0 Å². The van der Waals surface area contributed by atoms with Gasteiger partial charge in [-0.05, 0) is 24.1 Å². The van der Waals surface area contributed by atoms with E-state index in [0.717, 1.165) is 11.3 Å². The van der Waals surface area contributed by atoms with Crippen LogP contribution in [0.25, 0.3) is 0 Å². The lowest BCUT2D eigenvalue weighted by Gasteiger charge is -2.20. The average Bonchev–Trinajstić information content (AvgIpc) is 2.93. The lowest BCUT2D eigenvalue weighted by molar-refractivity contribution is -0.131. The van der Waals surface area contributed by atoms with Crippen molar-refractivity contribution in [1.29, 1.82) is 0 Å². The van der Waals surface area contributed by atoms with Crippen molar-refractivity contribution in [3.05, 3.63) is 46.4 Å². The number of thiazole rings is 1. The Bertz CT molecular complexity index is 554. The summed E-state index contributed by atoms with van der Waals surface area (Å²) < 4.78 is 0. The SMILES string of the molecule is CN(Cc1cscn1)C(=O)[C@@H](N)Cc1ccc(O)cc1. The minimum atomic E-state index is -0.594. The van der Waals surface area contributed by atoms with Crippen LogP contribution in [0.2, 0.25) is 0 Å². The first kappa shape index (κ1) is 14.5. The Balaban J connectivity index is 1.92. The van der Waals surface area contributed by atoms with Gasteiger partial charge in [-0.25, -0.2) is 4.98 Å². The maximum atomic E-state index is 12.2. The van der Waals surface area contributed by atoms with Crippen LogP contribution in [0.4, 0.5) is 0 Å². The highest BCUT2D eigenvalue weighted by atomic mass is 32.1. The number of aromatic nitrogens is 1. The maximum absolute atomic E-state index is 12.2. The van der Waals surface area contributed by atoms with Gasteiger partial charge >= 0.3 is 0 Å². The molecule has 5 nitrogen and oxygen atoms in total. The topological polar surface area (TPSA) is 79.5 Å². The molecule has 1 aromatic heterocycles. The molecule has 0 fully saturated rings. The van der Waals surface area contributed by atoms with Crippen LogP contribution in [0.15, 0.2) is 35.2 Å². The van der Waals surface area contributed by atoms with Gasteiger partial charge < -0.3 is 15.7 Å². The highest BCUT2D eigenvalue weighted by Crippen LogP contribution is 2.12. The Labute approximate surface area is 121 Å². The highest BCUT2D eigenvalue weighted by molar-refractivity contribution is 7.07. The van der Waals surface area contributed by atoms with E-state index in [1.165, 1.54) is 11.3 Å². The largest absolute Gasteiger partial charge is 0.508 e. The van der Waals surface area contributed by atoms with Crippen molar-refractivity contribution in [2.75, 3.05) is 7.05 Å². The molecule has 2 aromatic rings. The summed E-state index contributed by atoms with van der Waals surface area (Å²) in [7, 11) is 1.72. The number of carbonyl (C=O) groups is 1. The van der Waals surface area contributed by atoms with E-state index in [1.54, 1.807) is 41.7 Å². The van der Waals surface area contributed by atoms with Gasteiger partial charge in [-0.3, -0.25) is 4.79 Å². The molecule has 0 radical (unpaired) electrons. The van der Waals surface area contributed by atoms with Gasteiger partial charge in [0, 0.05) is 12.4 Å². The maximum Gasteiger partial charge on any atom is 0.239 e. The third-order valence-corrected chi connectivity index (χ3v) is 3.60. The quantitative estimate of drug-likeness (QED) is 0.872. The Morgan fingerprint density at radius 2 is 2.15 bits per heavy atom. The predicted octanol–water partition coefficient (Wildman–Crippen LogP) is 1.38. The summed E-state index contributed by atoms with van der Waals surface area (Å²) in [6.45, 7) is 0.464. The van der Waals surface area contributed by atoms with Gasteiger partial charge in [0.1, 0.15) is 5.75 Å². The van der Waals surface area contributed by atoms with Crippen LogP contribution in [-0.4, -0.2) is 34.0 Å². The van der Waals surface area contributed by atoms with Gasteiger partial charge in [-0.1, -0.05) is 12.1 Å². The molecule has 0 aliphatic carbocycles. The predicted molar refractivity (Wildman–Crippen MR) is 78.4 cm³/mol. The zero-order chi connectivity index (χ0) is 14.5. The van der Waals surface area contributed by atoms with Crippen molar-refractivity contribution in [3.63, 3.8) is 0 Å². The highest BCUT2D eigenvalue weighted by Gasteiger charge is 2.19. The monoisotopic (exact) mass is 291 g/mol. The average molecular weight is 291 g/mol. The summed E-state index contributed by atoms with van der Waals surface area (Å²) in [6, 6.07) is 6.12. The fraction of sp³-hybridized carbons (Fsp3) is 0.286. The number of nitrogens with zero attached hydrogens (tertiary/aromatic N) is 2. The molecule has 1 heterocycles. The normalized spacial score (nSPS) is 12.1. The molecule has 106 valence electrons. The van der Waals surface area contributed by atoms with Gasteiger partial charge in [0.2, 0.25) is 5.91 Å². The summed E-state index contributed by atoms with van der Waals surface area (Å²) in [5.74, 6) is 0.0837. The second-order valence-corrected chi connectivity index (χ2v) is 5.37. The first-order valence-corrected chi connectivity index (χ1v) is 7.16. The molecule has 0 saturated carbocycles. The van der Waals surface area contributed by atoms with E-state index in [4.69, 9.17) is 5.73 Å². The first-order chi connectivity index (χ1) is 9.56. The summed E-state index contributed by atoms with van der Waals surface area (Å²) in [5, 5.41) is 11.1. The van der Waals surface area contributed by atoms with E-state index >= 15 is 0 Å². The molecule has 20 heavy (non-hydrogen) atoms. The summed E-state index contributed by atoms with van der Waals surface area (Å²) >= 11 is 1.50. The Morgan fingerprint density at radius 1 is 1.45 bits per heavy atom. The first-order valence-electron chi connectivity index (χ1n) is 6.22. The van der Waals surface area contributed by atoms with Gasteiger partial charge in [-0.2, -0.15) is 0 Å². The molecule has 3 N–H and O–H groups in total.